The molecule has 4 N–H and O–H groups in total. The van der Waals surface area contributed by atoms with Crippen molar-refractivity contribution in [2.75, 3.05) is 26.2 Å². The lowest BCUT2D eigenvalue weighted by Gasteiger charge is -2.14. The average Bonchev–Trinajstić information content (AvgIpc) is 2.63. The van der Waals surface area contributed by atoms with Crippen molar-refractivity contribution >= 4 is 0 Å². The van der Waals surface area contributed by atoms with E-state index in [0.717, 1.165) is 38.8 Å². The van der Waals surface area contributed by atoms with Crippen LogP contribution in [0.4, 0.5) is 0 Å². The van der Waals surface area contributed by atoms with Crippen LogP contribution >= 0.6 is 0 Å². The van der Waals surface area contributed by atoms with Crippen molar-refractivity contribution in [3.05, 3.63) is 0 Å². The van der Waals surface area contributed by atoms with Crippen molar-refractivity contribution < 1.29 is 10.2 Å². The Morgan fingerprint density at radius 1 is 0.538 bits per heavy atom. The molecule has 26 heavy (non-hydrogen) atoms. The van der Waals surface area contributed by atoms with Crippen LogP contribution in [-0.2, 0) is 0 Å². The zero-order valence-corrected chi connectivity index (χ0v) is 17.8. The molecule has 0 aromatic carbocycles. The second-order valence-corrected chi connectivity index (χ2v) is 7.83. The third-order valence-electron chi connectivity index (χ3n) is 5.02. The van der Waals surface area contributed by atoms with E-state index in [4.69, 9.17) is 0 Å². The molecule has 0 saturated carbocycles. The lowest BCUT2D eigenvalue weighted by Crippen LogP contribution is -2.35. The zero-order valence-electron chi connectivity index (χ0n) is 17.8. The van der Waals surface area contributed by atoms with Gasteiger partial charge < -0.3 is 20.8 Å². The summed E-state index contributed by atoms with van der Waals surface area (Å²) in [5.41, 5.74) is 0. The first-order valence-electron chi connectivity index (χ1n) is 11.5. The molecule has 2 atom stereocenters. The molecule has 0 aliphatic heterocycles. The first-order chi connectivity index (χ1) is 12.7. The first-order valence-corrected chi connectivity index (χ1v) is 11.5. The third kappa shape index (κ3) is 20.2. The number of rotatable bonds is 21. The van der Waals surface area contributed by atoms with E-state index in [1.54, 1.807) is 0 Å². The standard InChI is InChI=1S/C22H48N2O2/c1-3-5-7-9-11-13-15-21(25)19-23-17-18-24-20-22(26)16-14-12-10-8-6-4-2/h21-26H,3-20H2,1-2H3. The quantitative estimate of drug-likeness (QED) is 0.226. The lowest BCUT2D eigenvalue weighted by atomic mass is 10.1. The van der Waals surface area contributed by atoms with Crippen LogP contribution in [0.3, 0.4) is 0 Å². The summed E-state index contributed by atoms with van der Waals surface area (Å²) in [6, 6.07) is 0. The summed E-state index contributed by atoms with van der Waals surface area (Å²) in [5.74, 6) is 0. The van der Waals surface area contributed by atoms with Crippen LogP contribution in [0, 0.1) is 0 Å². The Balaban J connectivity index is 3.25. The van der Waals surface area contributed by atoms with Gasteiger partial charge in [0.05, 0.1) is 12.2 Å². The first kappa shape index (κ1) is 25.8. The smallest absolute Gasteiger partial charge is 0.0664 e. The second kappa shape index (κ2) is 21.1. The Bertz CT molecular complexity index is 239. The van der Waals surface area contributed by atoms with Crippen molar-refractivity contribution in [1.82, 2.24) is 10.6 Å². The molecule has 158 valence electrons. The van der Waals surface area contributed by atoms with E-state index in [0.29, 0.717) is 13.1 Å². The van der Waals surface area contributed by atoms with Gasteiger partial charge in [-0.15, -0.1) is 0 Å². The third-order valence-corrected chi connectivity index (χ3v) is 5.02. The van der Waals surface area contributed by atoms with Gasteiger partial charge in [0.15, 0.2) is 0 Å². The minimum Gasteiger partial charge on any atom is -0.392 e. The van der Waals surface area contributed by atoms with Crippen LogP contribution in [0.15, 0.2) is 0 Å². The molecule has 0 aromatic heterocycles. The minimum atomic E-state index is -0.223. The Labute approximate surface area is 163 Å². The highest BCUT2D eigenvalue weighted by molar-refractivity contribution is 4.63. The Morgan fingerprint density at radius 3 is 1.27 bits per heavy atom. The van der Waals surface area contributed by atoms with Crippen LogP contribution in [0.25, 0.3) is 0 Å². The second-order valence-electron chi connectivity index (χ2n) is 7.83. The van der Waals surface area contributed by atoms with Crippen LogP contribution < -0.4 is 10.6 Å². The maximum atomic E-state index is 9.95. The maximum Gasteiger partial charge on any atom is 0.0664 e. The highest BCUT2D eigenvalue weighted by Crippen LogP contribution is 2.09. The molecule has 0 saturated heterocycles. The van der Waals surface area contributed by atoms with Gasteiger partial charge in [-0.1, -0.05) is 90.9 Å². The van der Waals surface area contributed by atoms with E-state index in [1.807, 2.05) is 0 Å². The van der Waals surface area contributed by atoms with Crippen molar-refractivity contribution in [2.24, 2.45) is 0 Å². The molecular formula is C22H48N2O2. The van der Waals surface area contributed by atoms with Gasteiger partial charge in [-0.05, 0) is 12.8 Å². The van der Waals surface area contributed by atoms with E-state index in [2.05, 4.69) is 24.5 Å². The number of hydrogen-bond acceptors (Lipinski definition) is 4. The van der Waals surface area contributed by atoms with Crippen molar-refractivity contribution in [3.8, 4) is 0 Å². The van der Waals surface area contributed by atoms with Crippen LogP contribution in [0.2, 0.25) is 0 Å². The van der Waals surface area contributed by atoms with Crippen molar-refractivity contribution in [3.63, 3.8) is 0 Å². The molecule has 0 spiro atoms. The molecule has 0 radical (unpaired) electrons. The molecule has 0 bridgehead atoms. The highest BCUT2D eigenvalue weighted by Gasteiger charge is 2.05. The van der Waals surface area contributed by atoms with Crippen molar-refractivity contribution in [1.29, 1.82) is 0 Å². The lowest BCUT2D eigenvalue weighted by molar-refractivity contribution is 0.153. The summed E-state index contributed by atoms with van der Waals surface area (Å²) in [5, 5.41) is 26.5. The molecule has 4 heteroatoms. The minimum absolute atomic E-state index is 0.223. The van der Waals surface area contributed by atoms with Crippen LogP contribution in [-0.4, -0.2) is 48.6 Å². The molecule has 0 aliphatic rings. The SMILES string of the molecule is CCCCCCCCC(O)CNCCNCC(O)CCCCCCCC. The molecule has 2 unspecified atom stereocenters. The average molecular weight is 373 g/mol. The molecular weight excluding hydrogens is 324 g/mol. The summed E-state index contributed by atoms with van der Waals surface area (Å²) in [6.07, 6.45) is 16.7. The summed E-state index contributed by atoms with van der Waals surface area (Å²) < 4.78 is 0. The van der Waals surface area contributed by atoms with Gasteiger partial charge in [-0.25, -0.2) is 0 Å². The highest BCUT2D eigenvalue weighted by atomic mass is 16.3. The normalized spacial score (nSPS) is 13.8. The molecule has 0 aromatic rings. The van der Waals surface area contributed by atoms with E-state index in [9.17, 15) is 10.2 Å². The van der Waals surface area contributed by atoms with E-state index in [1.165, 1.54) is 64.2 Å². The van der Waals surface area contributed by atoms with Crippen molar-refractivity contribution in [2.45, 2.75) is 116 Å². The fraction of sp³-hybridized carbons (Fsp3) is 1.00. The van der Waals surface area contributed by atoms with Crippen LogP contribution in [0.5, 0.6) is 0 Å². The maximum absolute atomic E-state index is 9.95. The van der Waals surface area contributed by atoms with Gasteiger partial charge in [0.2, 0.25) is 0 Å². The molecule has 0 rings (SSSR count). The Kier molecular flexibility index (Phi) is 21.0. The fourth-order valence-electron chi connectivity index (χ4n) is 3.24. The van der Waals surface area contributed by atoms with Gasteiger partial charge in [-0.3, -0.25) is 0 Å². The number of aliphatic hydroxyl groups excluding tert-OH is 2. The molecule has 0 fully saturated rings. The number of hydrogen-bond donors (Lipinski definition) is 4. The summed E-state index contributed by atoms with van der Waals surface area (Å²) >= 11 is 0. The summed E-state index contributed by atoms with van der Waals surface area (Å²) in [6.45, 7) is 7.52. The fourth-order valence-corrected chi connectivity index (χ4v) is 3.24. The number of aliphatic hydroxyl groups is 2. The predicted octanol–water partition coefficient (Wildman–Crippen LogP) is 4.39. The van der Waals surface area contributed by atoms with Crippen LogP contribution in [0.1, 0.15) is 104 Å². The van der Waals surface area contributed by atoms with E-state index in [-0.39, 0.29) is 12.2 Å². The van der Waals surface area contributed by atoms with Gasteiger partial charge in [0.1, 0.15) is 0 Å². The predicted molar refractivity (Wildman–Crippen MR) is 114 cm³/mol. The monoisotopic (exact) mass is 372 g/mol. The van der Waals surface area contributed by atoms with Gasteiger partial charge in [-0.2, -0.15) is 0 Å². The Morgan fingerprint density at radius 2 is 0.885 bits per heavy atom. The molecule has 0 aliphatic carbocycles. The van der Waals surface area contributed by atoms with E-state index < -0.39 is 0 Å². The summed E-state index contributed by atoms with van der Waals surface area (Å²) in [4.78, 5) is 0. The van der Waals surface area contributed by atoms with Gasteiger partial charge in [0.25, 0.3) is 0 Å². The number of nitrogens with one attached hydrogen (secondary N) is 2. The summed E-state index contributed by atoms with van der Waals surface area (Å²) in [7, 11) is 0. The number of unbranched alkanes of at least 4 members (excludes halogenated alkanes) is 10. The molecule has 0 heterocycles. The molecule has 0 amide bonds. The van der Waals surface area contributed by atoms with Gasteiger partial charge in [0, 0.05) is 26.2 Å². The molecule has 4 nitrogen and oxygen atoms in total. The van der Waals surface area contributed by atoms with E-state index >= 15 is 0 Å². The zero-order chi connectivity index (χ0) is 19.3. The topological polar surface area (TPSA) is 64.5 Å². The van der Waals surface area contributed by atoms with Gasteiger partial charge >= 0.3 is 0 Å². The largest absolute Gasteiger partial charge is 0.392 e. The Hall–Kier alpha value is -0.160.